The van der Waals surface area contributed by atoms with E-state index in [-0.39, 0.29) is 35.5 Å². The van der Waals surface area contributed by atoms with Gasteiger partial charge >= 0.3 is 11.9 Å². The molecule has 4 heteroatoms. The zero-order valence-electron chi connectivity index (χ0n) is 21.3. The monoisotopic (exact) mass is 444 g/mol. The first-order valence-electron chi connectivity index (χ1n) is 12.8. The highest BCUT2D eigenvalue weighted by Crippen LogP contribution is 2.50. The highest BCUT2D eigenvalue weighted by molar-refractivity contribution is 5.76. The average molecular weight is 445 g/mol. The third-order valence-corrected chi connectivity index (χ3v) is 8.70. The van der Waals surface area contributed by atoms with Gasteiger partial charge in [0.2, 0.25) is 0 Å². The van der Waals surface area contributed by atoms with E-state index in [1.807, 2.05) is 20.8 Å². The molecule has 0 spiro atoms. The fourth-order valence-electron chi connectivity index (χ4n) is 5.77. The zero-order valence-corrected chi connectivity index (χ0v) is 21.3. The van der Waals surface area contributed by atoms with Crippen molar-refractivity contribution in [1.82, 2.24) is 0 Å². The molecule has 0 aromatic rings. The van der Waals surface area contributed by atoms with Gasteiger partial charge in [-0.3, -0.25) is 9.59 Å². The molecule has 0 N–H and O–H groups in total. The maximum atomic E-state index is 13.0. The molecule has 1 saturated heterocycles. The molecule has 3 rings (SSSR count). The molecular weight excluding hydrogens is 400 g/mol. The molecule has 4 nitrogen and oxygen atoms in total. The van der Waals surface area contributed by atoms with Crippen LogP contribution in [0.25, 0.3) is 0 Å². The number of carbonyl (C=O) groups is 2. The van der Waals surface area contributed by atoms with Gasteiger partial charge in [-0.2, -0.15) is 0 Å². The van der Waals surface area contributed by atoms with Gasteiger partial charge in [-0.15, -0.1) is 0 Å². The number of carbonyl (C=O) groups excluding carboxylic acids is 2. The van der Waals surface area contributed by atoms with Gasteiger partial charge in [-0.25, -0.2) is 0 Å². The Morgan fingerprint density at radius 1 is 1.19 bits per heavy atom. The molecule has 0 aromatic carbocycles. The Bertz CT molecular complexity index is 763. The van der Waals surface area contributed by atoms with E-state index in [1.165, 1.54) is 5.57 Å². The highest BCUT2D eigenvalue weighted by atomic mass is 16.5. The van der Waals surface area contributed by atoms with Crippen LogP contribution in [0.15, 0.2) is 23.8 Å². The summed E-state index contributed by atoms with van der Waals surface area (Å²) < 4.78 is 12.1. The van der Waals surface area contributed by atoms with Crippen molar-refractivity contribution in [3.8, 4) is 0 Å². The van der Waals surface area contributed by atoms with Gasteiger partial charge in [0.25, 0.3) is 0 Å². The number of cyclic esters (lactones) is 1. The Balaban J connectivity index is 1.89. The van der Waals surface area contributed by atoms with Gasteiger partial charge in [-0.05, 0) is 75.7 Å². The number of esters is 2. The number of ether oxygens (including phenoxy) is 2. The van der Waals surface area contributed by atoms with E-state index in [9.17, 15) is 9.59 Å². The van der Waals surface area contributed by atoms with Crippen molar-refractivity contribution in [2.75, 3.05) is 0 Å². The molecule has 1 heterocycles. The van der Waals surface area contributed by atoms with Crippen LogP contribution in [-0.2, 0) is 19.1 Å². The molecular formula is C28H44O4. The number of rotatable bonds is 7. The van der Waals surface area contributed by atoms with Crippen molar-refractivity contribution in [3.05, 3.63) is 23.8 Å². The largest absolute Gasteiger partial charge is 0.462 e. The van der Waals surface area contributed by atoms with Crippen LogP contribution in [0.1, 0.15) is 93.4 Å². The van der Waals surface area contributed by atoms with E-state index in [2.05, 4.69) is 45.9 Å². The summed E-state index contributed by atoms with van der Waals surface area (Å²) in [4.78, 5) is 25.1. The van der Waals surface area contributed by atoms with Gasteiger partial charge in [0.05, 0.1) is 5.41 Å². The van der Waals surface area contributed by atoms with Crippen molar-refractivity contribution in [1.29, 1.82) is 0 Å². The summed E-state index contributed by atoms with van der Waals surface area (Å²) in [6.45, 7) is 15.0. The van der Waals surface area contributed by atoms with Gasteiger partial charge in [0, 0.05) is 17.8 Å². The van der Waals surface area contributed by atoms with Crippen LogP contribution in [0.5, 0.6) is 0 Å². The minimum Gasteiger partial charge on any atom is -0.462 e. The van der Waals surface area contributed by atoms with E-state index in [0.717, 1.165) is 38.5 Å². The van der Waals surface area contributed by atoms with Crippen LogP contribution in [-0.4, -0.2) is 24.1 Å². The number of hydrogen-bond donors (Lipinski definition) is 0. The summed E-state index contributed by atoms with van der Waals surface area (Å²) in [5, 5.41) is 0. The summed E-state index contributed by atoms with van der Waals surface area (Å²) in [6.07, 6.45) is 12.8. The molecule has 0 amide bonds. The molecule has 7 atom stereocenters. The first kappa shape index (κ1) is 25.1. The lowest BCUT2D eigenvalue weighted by atomic mass is 9.60. The molecule has 3 aliphatic rings. The van der Waals surface area contributed by atoms with E-state index < -0.39 is 5.41 Å². The van der Waals surface area contributed by atoms with Crippen LogP contribution in [0, 0.1) is 34.5 Å². The topological polar surface area (TPSA) is 52.6 Å². The van der Waals surface area contributed by atoms with Gasteiger partial charge < -0.3 is 9.47 Å². The molecule has 0 radical (unpaired) electrons. The van der Waals surface area contributed by atoms with E-state index in [4.69, 9.17) is 9.47 Å². The van der Waals surface area contributed by atoms with Crippen molar-refractivity contribution >= 4 is 11.9 Å². The number of fused-ring (bicyclic) bond motifs is 1. The van der Waals surface area contributed by atoms with Crippen molar-refractivity contribution < 1.29 is 19.1 Å². The van der Waals surface area contributed by atoms with E-state index >= 15 is 0 Å². The third kappa shape index (κ3) is 5.15. The fraction of sp³-hybridized carbons (Fsp3) is 0.786. The molecule has 0 aromatic heterocycles. The molecule has 180 valence electrons. The van der Waals surface area contributed by atoms with Crippen LogP contribution in [0.4, 0.5) is 0 Å². The summed E-state index contributed by atoms with van der Waals surface area (Å²) in [5.41, 5.74) is 0.772. The lowest BCUT2D eigenvalue weighted by Crippen LogP contribution is -2.46. The van der Waals surface area contributed by atoms with Crippen LogP contribution < -0.4 is 0 Å². The minimum atomic E-state index is -0.468. The number of allylic oxidation sites excluding steroid dienone is 3. The minimum absolute atomic E-state index is 0.0261. The predicted octanol–water partition coefficient (Wildman–Crippen LogP) is 6.64. The van der Waals surface area contributed by atoms with Crippen molar-refractivity contribution in [3.63, 3.8) is 0 Å². The SMILES string of the molecule is CCC(C)(C)C(=O)O[C@H]1C[C@@H](C)C=C2C=C[C@H](C)[C@H](C[C@](C)(CC)[C@@H]3CCCC(=O)O3)[C@H]21. The molecule has 2 aliphatic carbocycles. The maximum Gasteiger partial charge on any atom is 0.311 e. The Hall–Kier alpha value is -1.58. The predicted molar refractivity (Wildman–Crippen MR) is 128 cm³/mol. The Kier molecular flexibility index (Phi) is 7.62. The van der Waals surface area contributed by atoms with E-state index in [1.54, 1.807) is 0 Å². The molecule has 0 unspecified atom stereocenters. The smallest absolute Gasteiger partial charge is 0.311 e. The zero-order chi connectivity index (χ0) is 23.7. The fourth-order valence-corrected chi connectivity index (χ4v) is 5.77. The van der Waals surface area contributed by atoms with Gasteiger partial charge in [-0.1, -0.05) is 52.8 Å². The Labute approximate surface area is 195 Å². The second-order valence-electron chi connectivity index (χ2n) is 11.6. The summed E-state index contributed by atoms with van der Waals surface area (Å²) in [7, 11) is 0. The molecule has 1 aliphatic heterocycles. The van der Waals surface area contributed by atoms with E-state index in [0.29, 0.717) is 24.2 Å². The maximum absolute atomic E-state index is 13.0. The average Bonchev–Trinajstić information content (AvgIpc) is 2.75. The first-order chi connectivity index (χ1) is 15.0. The van der Waals surface area contributed by atoms with Crippen LogP contribution >= 0.6 is 0 Å². The van der Waals surface area contributed by atoms with Crippen molar-refractivity contribution in [2.24, 2.45) is 34.5 Å². The highest BCUT2D eigenvalue weighted by Gasteiger charge is 2.47. The normalized spacial score (nSPS) is 34.7. The van der Waals surface area contributed by atoms with Crippen molar-refractivity contribution in [2.45, 2.75) is 106 Å². The Morgan fingerprint density at radius 3 is 2.53 bits per heavy atom. The van der Waals surface area contributed by atoms with Crippen LogP contribution in [0.3, 0.4) is 0 Å². The summed E-state index contributed by atoms with van der Waals surface area (Å²) in [6, 6.07) is 0. The molecule has 32 heavy (non-hydrogen) atoms. The second kappa shape index (κ2) is 9.73. The summed E-state index contributed by atoms with van der Waals surface area (Å²) in [5.74, 6) is 1.19. The Morgan fingerprint density at radius 2 is 1.91 bits per heavy atom. The lowest BCUT2D eigenvalue weighted by Gasteiger charge is -2.48. The summed E-state index contributed by atoms with van der Waals surface area (Å²) >= 11 is 0. The number of hydrogen-bond acceptors (Lipinski definition) is 4. The molecule has 0 bridgehead atoms. The second-order valence-corrected chi connectivity index (χ2v) is 11.6. The van der Waals surface area contributed by atoms with Gasteiger partial charge in [0.15, 0.2) is 0 Å². The third-order valence-electron chi connectivity index (χ3n) is 8.70. The first-order valence-corrected chi connectivity index (χ1v) is 12.8. The lowest BCUT2D eigenvalue weighted by molar-refractivity contribution is -0.168. The van der Waals surface area contributed by atoms with Crippen LogP contribution in [0.2, 0.25) is 0 Å². The molecule has 0 saturated carbocycles. The quantitative estimate of drug-likeness (QED) is 0.413. The van der Waals surface area contributed by atoms with Gasteiger partial charge in [0.1, 0.15) is 12.2 Å². The standard InChI is InChI=1S/C28H44O4/c1-8-27(5,6)26(30)31-22-16-18(3)15-20-14-13-19(4)21(25(20)22)17-28(7,9-2)23-11-10-12-24(29)32-23/h13-15,18-19,21-23,25H,8-12,16-17H2,1-7H3/t18-,19-,21-,22-,23-,25-,28-/m0/s1. The molecule has 1 fully saturated rings.